The third-order valence-corrected chi connectivity index (χ3v) is 7.50. The van der Waals surface area contributed by atoms with Gasteiger partial charge >= 0.3 is 5.97 Å². The molecule has 1 aliphatic heterocycles. The molecule has 34 heavy (non-hydrogen) atoms. The van der Waals surface area contributed by atoms with Gasteiger partial charge in [0.1, 0.15) is 17.8 Å². The van der Waals surface area contributed by atoms with Crippen LogP contribution in [-0.2, 0) is 14.3 Å². The molecular formula is C29H31NO4. The second-order valence-electron chi connectivity index (χ2n) is 9.80. The highest BCUT2D eigenvalue weighted by atomic mass is 16.5. The van der Waals surface area contributed by atoms with Crippen LogP contribution in [0.5, 0.6) is 5.75 Å². The van der Waals surface area contributed by atoms with Crippen molar-refractivity contribution in [3.05, 3.63) is 77.0 Å². The number of phenols is 1. The van der Waals surface area contributed by atoms with Crippen molar-refractivity contribution in [1.29, 1.82) is 0 Å². The summed E-state index contributed by atoms with van der Waals surface area (Å²) in [6.45, 7) is 1.88. The Labute approximate surface area is 200 Å². The van der Waals surface area contributed by atoms with Crippen molar-refractivity contribution in [3.8, 4) is 5.75 Å². The molecule has 0 amide bonds. The lowest BCUT2D eigenvalue weighted by Crippen LogP contribution is -2.39. The Morgan fingerprint density at radius 2 is 1.65 bits per heavy atom. The number of ether oxygens (including phenoxy) is 1. The lowest BCUT2D eigenvalue weighted by atomic mass is 9.69. The van der Waals surface area contributed by atoms with Gasteiger partial charge in [0, 0.05) is 29.3 Å². The summed E-state index contributed by atoms with van der Waals surface area (Å²) in [6, 6.07) is 16.9. The maximum absolute atomic E-state index is 13.6. The van der Waals surface area contributed by atoms with E-state index in [1.807, 2.05) is 25.1 Å². The zero-order valence-corrected chi connectivity index (χ0v) is 19.6. The van der Waals surface area contributed by atoms with E-state index in [1.54, 1.807) is 24.3 Å². The Balaban J connectivity index is 1.52. The molecule has 3 atom stereocenters. The maximum Gasteiger partial charge on any atom is 0.315 e. The van der Waals surface area contributed by atoms with Gasteiger partial charge in [-0.25, -0.2) is 0 Å². The first-order valence-electron chi connectivity index (χ1n) is 12.4. The van der Waals surface area contributed by atoms with Crippen LogP contribution >= 0.6 is 0 Å². The molecule has 5 heteroatoms. The van der Waals surface area contributed by atoms with Gasteiger partial charge in [-0.15, -0.1) is 0 Å². The van der Waals surface area contributed by atoms with Gasteiger partial charge < -0.3 is 9.84 Å². The molecule has 1 heterocycles. The molecule has 176 valence electrons. The number of benzene rings is 2. The summed E-state index contributed by atoms with van der Waals surface area (Å²) in [5.41, 5.74) is 4.07. The van der Waals surface area contributed by atoms with Crippen molar-refractivity contribution in [2.24, 2.45) is 10.9 Å². The monoisotopic (exact) mass is 457 g/mol. The highest BCUT2D eigenvalue weighted by molar-refractivity contribution is 6.09. The van der Waals surface area contributed by atoms with Crippen LogP contribution in [0.15, 0.2) is 70.9 Å². The molecule has 1 N–H and O–H groups in total. The number of phenolic OH excluding ortho intramolecular Hbond substituents is 1. The van der Waals surface area contributed by atoms with Gasteiger partial charge in [0.05, 0.1) is 0 Å². The predicted molar refractivity (Wildman–Crippen MR) is 131 cm³/mol. The first-order valence-corrected chi connectivity index (χ1v) is 12.4. The number of hydrogen-bond acceptors (Lipinski definition) is 5. The number of hydrogen-bond donors (Lipinski definition) is 1. The quantitative estimate of drug-likeness (QED) is 0.585. The van der Waals surface area contributed by atoms with E-state index in [0.717, 1.165) is 42.5 Å². The second-order valence-corrected chi connectivity index (χ2v) is 9.80. The van der Waals surface area contributed by atoms with E-state index in [-0.39, 0.29) is 29.5 Å². The molecule has 1 saturated carbocycles. The fourth-order valence-corrected chi connectivity index (χ4v) is 5.79. The first-order chi connectivity index (χ1) is 16.5. The molecule has 2 aromatic carbocycles. The average molecular weight is 458 g/mol. The minimum Gasteiger partial charge on any atom is -0.508 e. The van der Waals surface area contributed by atoms with Crippen molar-refractivity contribution in [3.63, 3.8) is 0 Å². The lowest BCUT2D eigenvalue weighted by Gasteiger charge is -2.37. The van der Waals surface area contributed by atoms with E-state index in [9.17, 15) is 14.7 Å². The van der Waals surface area contributed by atoms with Crippen LogP contribution in [0.25, 0.3) is 0 Å². The average Bonchev–Trinajstić information content (AvgIpc) is 2.84. The summed E-state index contributed by atoms with van der Waals surface area (Å²) >= 11 is 0. The number of rotatable bonds is 4. The van der Waals surface area contributed by atoms with E-state index in [0.29, 0.717) is 24.1 Å². The number of esters is 1. The van der Waals surface area contributed by atoms with E-state index in [4.69, 9.17) is 9.73 Å². The van der Waals surface area contributed by atoms with E-state index in [1.165, 1.54) is 6.42 Å². The molecule has 0 saturated heterocycles. The highest BCUT2D eigenvalue weighted by Crippen LogP contribution is 2.47. The minimum absolute atomic E-state index is 0.0416. The molecule has 1 unspecified atom stereocenters. The number of aliphatic imine (C=N–C) groups is 1. The minimum atomic E-state index is -0.637. The Morgan fingerprint density at radius 3 is 2.35 bits per heavy atom. The molecule has 1 fully saturated rings. The number of nitrogens with zero attached hydrogens (tertiary/aromatic N) is 1. The zero-order chi connectivity index (χ0) is 23.7. The van der Waals surface area contributed by atoms with Crippen molar-refractivity contribution in [2.75, 3.05) is 0 Å². The number of carbonyl (C=O) groups excluding carboxylic acids is 2. The van der Waals surface area contributed by atoms with Gasteiger partial charge in [0.25, 0.3) is 0 Å². The summed E-state index contributed by atoms with van der Waals surface area (Å²) in [5.74, 6) is -1.11. The third kappa shape index (κ3) is 4.44. The van der Waals surface area contributed by atoms with Crippen LogP contribution in [0.4, 0.5) is 0 Å². The Morgan fingerprint density at radius 1 is 0.941 bits per heavy atom. The second kappa shape index (κ2) is 9.57. The predicted octanol–water partition coefficient (Wildman–Crippen LogP) is 5.84. The summed E-state index contributed by atoms with van der Waals surface area (Å²) < 4.78 is 5.98. The fourth-order valence-electron chi connectivity index (χ4n) is 5.79. The Bertz CT molecular complexity index is 1130. The van der Waals surface area contributed by atoms with Crippen molar-refractivity contribution in [2.45, 2.75) is 69.8 Å². The van der Waals surface area contributed by atoms with Gasteiger partial charge in [-0.05, 0) is 68.2 Å². The smallest absolute Gasteiger partial charge is 0.315 e. The van der Waals surface area contributed by atoms with E-state index >= 15 is 0 Å². The van der Waals surface area contributed by atoms with Crippen LogP contribution in [0.1, 0.15) is 74.8 Å². The van der Waals surface area contributed by atoms with Gasteiger partial charge in [-0.2, -0.15) is 0 Å². The molecule has 5 rings (SSSR count). The molecule has 2 aromatic rings. The maximum atomic E-state index is 13.6. The highest BCUT2D eigenvalue weighted by Gasteiger charge is 2.45. The standard InChI is InChI=1S/C29H31NO4/c1-18-26(29(33)34-23-10-6-3-7-11-23)27(20-12-14-22(31)15-13-20)28-24(30-18)16-21(17-25(28)32)19-8-4-2-5-9-19/h2,4-5,8-9,12-15,21,23,26-27,31H,3,6-7,10-11,16-17H2,1H3/t21-,26?,27+/m1/s1. The molecule has 0 bridgehead atoms. The SMILES string of the molecule is CC1=NC2=C(C(=O)C[C@H](c3ccccc3)C2)[C@@H](c2ccc(O)cc2)C1C(=O)OC1CCCCC1. The van der Waals surface area contributed by atoms with Gasteiger partial charge in [0.2, 0.25) is 0 Å². The van der Waals surface area contributed by atoms with Crippen LogP contribution in [0.3, 0.4) is 0 Å². The van der Waals surface area contributed by atoms with Crippen molar-refractivity contribution in [1.82, 2.24) is 0 Å². The summed E-state index contributed by atoms with van der Waals surface area (Å²) in [7, 11) is 0. The van der Waals surface area contributed by atoms with Gasteiger partial charge in [-0.3, -0.25) is 14.6 Å². The van der Waals surface area contributed by atoms with Crippen LogP contribution in [0.2, 0.25) is 0 Å². The van der Waals surface area contributed by atoms with E-state index in [2.05, 4.69) is 12.1 Å². The van der Waals surface area contributed by atoms with E-state index < -0.39 is 11.8 Å². The molecular weight excluding hydrogens is 426 g/mol. The molecule has 0 aromatic heterocycles. The molecule has 0 radical (unpaired) electrons. The Hall–Kier alpha value is -3.21. The largest absolute Gasteiger partial charge is 0.508 e. The summed E-state index contributed by atoms with van der Waals surface area (Å²) in [5, 5.41) is 9.85. The first kappa shape index (κ1) is 22.6. The molecule has 5 nitrogen and oxygen atoms in total. The normalized spacial score (nSPS) is 25.5. The van der Waals surface area contributed by atoms with Crippen molar-refractivity contribution < 1.29 is 19.4 Å². The Kier molecular flexibility index (Phi) is 6.36. The number of carbonyl (C=O) groups is 2. The third-order valence-electron chi connectivity index (χ3n) is 7.50. The van der Waals surface area contributed by atoms with Crippen molar-refractivity contribution >= 4 is 17.5 Å². The number of ketones is 1. The summed E-state index contributed by atoms with van der Waals surface area (Å²) in [6.07, 6.45) is 6.12. The van der Waals surface area contributed by atoms with Crippen LogP contribution < -0.4 is 0 Å². The fraction of sp³-hybridized carbons (Fsp3) is 0.414. The van der Waals surface area contributed by atoms with Gasteiger partial charge in [0.15, 0.2) is 5.78 Å². The number of Topliss-reactive ketones (excluding diaryl/α,β-unsaturated/α-hetero) is 1. The lowest BCUT2D eigenvalue weighted by molar-refractivity contribution is -0.153. The molecule has 3 aliphatic rings. The number of allylic oxidation sites excluding steroid dienone is 2. The summed E-state index contributed by atoms with van der Waals surface area (Å²) in [4.78, 5) is 32.0. The topological polar surface area (TPSA) is 76.0 Å². The zero-order valence-electron chi connectivity index (χ0n) is 19.6. The van der Waals surface area contributed by atoms with Gasteiger partial charge in [-0.1, -0.05) is 48.9 Å². The molecule has 2 aliphatic carbocycles. The molecule has 0 spiro atoms. The van der Waals surface area contributed by atoms with Crippen LogP contribution in [0, 0.1) is 5.92 Å². The number of aromatic hydroxyl groups is 1. The van der Waals surface area contributed by atoms with Crippen LogP contribution in [-0.4, -0.2) is 28.7 Å².